The van der Waals surface area contributed by atoms with Crippen molar-refractivity contribution in [3.63, 3.8) is 0 Å². The van der Waals surface area contributed by atoms with E-state index in [2.05, 4.69) is 5.32 Å². The number of amides is 3. The molecule has 0 aliphatic carbocycles. The van der Waals surface area contributed by atoms with E-state index >= 15 is 0 Å². The number of pyridine rings is 1. The number of aromatic nitrogens is 1. The number of nitrogens with one attached hydrogen (secondary N) is 1. The third-order valence-corrected chi connectivity index (χ3v) is 7.78. The zero-order valence-electron chi connectivity index (χ0n) is 23.6. The summed E-state index contributed by atoms with van der Waals surface area (Å²) < 4.78 is 45.7. The minimum absolute atomic E-state index is 0.00272. The van der Waals surface area contributed by atoms with Crippen molar-refractivity contribution in [1.29, 1.82) is 0 Å². The Morgan fingerprint density at radius 2 is 1.95 bits per heavy atom. The molecular formula is C28H33F2N5O8. The molecule has 43 heavy (non-hydrogen) atoms. The number of carbonyl (C=O) groups is 3. The Balaban J connectivity index is 1.43. The normalized spacial score (nSPS) is 20.3. The van der Waals surface area contributed by atoms with E-state index in [0.717, 1.165) is 11.0 Å². The molecule has 13 nitrogen and oxygen atoms in total. The first-order valence-electron chi connectivity index (χ1n) is 14.0. The maximum absolute atomic E-state index is 14.1. The average Bonchev–Trinajstić information content (AvgIpc) is 2.97. The number of benzene rings is 1. The standard InChI is InChI=1S/C28H33F2N5O8/c1-17-4-9-42-22-15-34-14-20(26(37)31-13-18-2-3-19(29)12-21(18)30)24(36)25(23(34)27(38)35(17)22)43-16-33(28(39)40)6-5-32-7-10-41-11-8-32/h2-3,12,14,17,22H,4-11,13,15-16H2,1H3,(H,31,37)(H,39,40)/t17-,22+/m1/s1. The first-order chi connectivity index (χ1) is 20.6. The van der Waals surface area contributed by atoms with Crippen LogP contribution in [-0.4, -0.2) is 107 Å². The van der Waals surface area contributed by atoms with Crippen LogP contribution in [0.4, 0.5) is 13.6 Å². The maximum atomic E-state index is 14.1. The van der Waals surface area contributed by atoms with Crippen molar-refractivity contribution in [1.82, 2.24) is 24.6 Å². The fourth-order valence-electron chi connectivity index (χ4n) is 5.32. The van der Waals surface area contributed by atoms with Gasteiger partial charge in [-0.25, -0.2) is 13.6 Å². The molecule has 0 saturated carbocycles. The van der Waals surface area contributed by atoms with E-state index in [1.807, 2.05) is 11.8 Å². The minimum Gasteiger partial charge on any atom is -0.466 e. The highest BCUT2D eigenvalue weighted by molar-refractivity contribution is 5.99. The van der Waals surface area contributed by atoms with Crippen molar-refractivity contribution >= 4 is 17.9 Å². The Kier molecular flexibility index (Phi) is 9.22. The number of rotatable bonds is 9. The van der Waals surface area contributed by atoms with Crippen molar-refractivity contribution in [2.75, 3.05) is 52.7 Å². The predicted molar refractivity (Wildman–Crippen MR) is 146 cm³/mol. The van der Waals surface area contributed by atoms with Gasteiger partial charge >= 0.3 is 6.09 Å². The van der Waals surface area contributed by atoms with E-state index in [0.29, 0.717) is 51.9 Å². The molecule has 1 aromatic carbocycles. The zero-order valence-corrected chi connectivity index (χ0v) is 23.6. The number of fused-ring (bicyclic) bond motifs is 2. The minimum atomic E-state index is -1.29. The van der Waals surface area contributed by atoms with Crippen LogP contribution in [0.15, 0.2) is 29.2 Å². The second-order valence-corrected chi connectivity index (χ2v) is 10.6. The first-order valence-corrected chi connectivity index (χ1v) is 14.0. The third-order valence-electron chi connectivity index (χ3n) is 7.78. The Hall–Kier alpha value is -4.08. The average molecular weight is 606 g/mol. The van der Waals surface area contributed by atoms with Crippen LogP contribution in [-0.2, 0) is 22.6 Å². The van der Waals surface area contributed by atoms with Crippen molar-refractivity contribution in [2.45, 2.75) is 38.7 Å². The molecule has 232 valence electrons. The molecule has 4 heterocycles. The van der Waals surface area contributed by atoms with Gasteiger partial charge in [-0.2, -0.15) is 0 Å². The quantitative estimate of drug-likeness (QED) is 0.405. The van der Waals surface area contributed by atoms with Gasteiger partial charge in [-0.05, 0) is 19.4 Å². The van der Waals surface area contributed by atoms with Crippen LogP contribution in [0.5, 0.6) is 5.75 Å². The summed E-state index contributed by atoms with van der Waals surface area (Å²) in [5.74, 6) is -3.55. The topological polar surface area (TPSA) is 143 Å². The second kappa shape index (κ2) is 13.1. The number of nitrogens with zero attached hydrogens (tertiary/aromatic N) is 4. The molecule has 2 N–H and O–H groups in total. The van der Waals surface area contributed by atoms with E-state index in [9.17, 15) is 33.1 Å². The summed E-state index contributed by atoms with van der Waals surface area (Å²) in [6, 6.07) is 2.70. The lowest BCUT2D eigenvalue weighted by molar-refractivity contribution is -0.112. The lowest BCUT2D eigenvalue weighted by atomic mass is 10.1. The van der Waals surface area contributed by atoms with Gasteiger partial charge in [-0.15, -0.1) is 0 Å². The fourth-order valence-corrected chi connectivity index (χ4v) is 5.32. The second-order valence-electron chi connectivity index (χ2n) is 10.6. The molecule has 3 aliphatic heterocycles. The van der Waals surface area contributed by atoms with Gasteiger partial charge in [0.05, 0.1) is 26.4 Å². The van der Waals surface area contributed by atoms with Gasteiger partial charge in [-0.3, -0.25) is 24.2 Å². The number of carboxylic acid groups (broad SMARTS) is 1. The van der Waals surface area contributed by atoms with E-state index in [-0.39, 0.29) is 36.9 Å². The Morgan fingerprint density at radius 3 is 2.67 bits per heavy atom. The SMILES string of the molecule is C[C@@H]1CCO[C@H]2Cn3cc(C(=O)NCc4ccc(F)cc4F)c(=O)c(OCN(CCN4CCOCC4)C(=O)O)c3C(=O)N12. The van der Waals surface area contributed by atoms with Crippen molar-refractivity contribution in [3.05, 3.63) is 63.1 Å². The first kappa shape index (κ1) is 30.4. The van der Waals surface area contributed by atoms with Gasteiger partial charge in [-0.1, -0.05) is 6.07 Å². The molecule has 3 aliphatic rings. The highest BCUT2D eigenvalue weighted by Gasteiger charge is 2.41. The van der Waals surface area contributed by atoms with Crippen molar-refractivity contribution in [2.24, 2.45) is 0 Å². The molecule has 5 rings (SSSR count). The Bertz CT molecular complexity index is 1450. The van der Waals surface area contributed by atoms with Crippen molar-refractivity contribution < 1.29 is 42.5 Å². The lowest BCUT2D eigenvalue weighted by Crippen LogP contribution is -2.57. The number of morpholine rings is 1. The van der Waals surface area contributed by atoms with Gasteiger partial charge in [0.2, 0.25) is 5.43 Å². The Morgan fingerprint density at radius 1 is 1.19 bits per heavy atom. The monoisotopic (exact) mass is 605 g/mol. The van der Waals surface area contributed by atoms with Gasteiger partial charge < -0.3 is 34.1 Å². The number of ether oxygens (including phenoxy) is 3. The van der Waals surface area contributed by atoms with Crippen LogP contribution in [0.25, 0.3) is 0 Å². The van der Waals surface area contributed by atoms with Crippen LogP contribution < -0.4 is 15.5 Å². The number of hydrogen-bond donors (Lipinski definition) is 2. The highest BCUT2D eigenvalue weighted by atomic mass is 19.1. The maximum Gasteiger partial charge on any atom is 0.410 e. The van der Waals surface area contributed by atoms with Crippen LogP contribution in [0.2, 0.25) is 0 Å². The number of hydrogen-bond acceptors (Lipinski definition) is 8. The summed E-state index contributed by atoms with van der Waals surface area (Å²) in [5, 5.41) is 12.2. The Labute approximate surface area is 245 Å². The summed E-state index contributed by atoms with van der Waals surface area (Å²) in [4.78, 5) is 57.1. The molecule has 0 radical (unpaired) electrons. The lowest BCUT2D eigenvalue weighted by Gasteiger charge is -2.44. The fraction of sp³-hybridized carbons (Fsp3) is 0.500. The van der Waals surface area contributed by atoms with Gasteiger partial charge in [0.25, 0.3) is 11.8 Å². The molecule has 0 spiro atoms. The largest absolute Gasteiger partial charge is 0.466 e. The van der Waals surface area contributed by atoms with E-state index in [4.69, 9.17) is 14.2 Å². The molecule has 2 fully saturated rings. The van der Waals surface area contributed by atoms with Crippen LogP contribution >= 0.6 is 0 Å². The molecule has 3 amide bonds. The smallest absolute Gasteiger partial charge is 0.410 e. The van der Waals surface area contributed by atoms with Crippen LogP contribution in [0.3, 0.4) is 0 Å². The molecule has 1 aromatic heterocycles. The summed E-state index contributed by atoms with van der Waals surface area (Å²) >= 11 is 0. The van der Waals surface area contributed by atoms with Gasteiger partial charge in [0, 0.05) is 56.6 Å². The molecule has 2 aromatic rings. The van der Waals surface area contributed by atoms with E-state index < -0.39 is 59.2 Å². The van der Waals surface area contributed by atoms with E-state index in [1.165, 1.54) is 21.7 Å². The summed E-state index contributed by atoms with van der Waals surface area (Å²) in [6.45, 7) is 4.29. The molecule has 0 bridgehead atoms. The summed E-state index contributed by atoms with van der Waals surface area (Å²) in [6.07, 6.45) is -0.141. The number of carbonyl (C=O) groups excluding carboxylic acids is 2. The van der Waals surface area contributed by atoms with Crippen LogP contribution in [0, 0.1) is 11.6 Å². The van der Waals surface area contributed by atoms with Gasteiger partial charge in [0.1, 0.15) is 17.2 Å². The summed E-state index contributed by atoms with van der Waals surface area (Å²) in [7, 11) is 0. The highest BCUT2D eigenvalue weighted by Crippen LogP contribution is 2.30. The van der Waals surface area contributed by atoms with E-state index in [1.54, 1.807) is 0 Å². The molecule has 0 unspecified atom stereocenters. The molecule has 15 heteroatoms. The zero-order chi connectivity index (χ0) is 30.7. The molecular weight excluding hydrogens is 572 g/mol. The number of halogens is 2. The van der Waals surface area contributed by atoms with Gasteiger partial charge in [0.15, 0.2) is 24.4 Å². The molecule has 2 saturated heterocycles. The van der Waals surface area contributed by atoms with Crippen molar-refractivity contribution in [3.8, 4) is 5.75 Å². The predicted octanol–water partition coefficient (Wildman–Crippen LogP) is 1.30. The third kappa shape index (κ3) is 6.63. The molecule has 2 atom stereocenters. The van der Waals surface area contributed by atoms with Crippen LogP contribution in [0.1, 0.15) is 39.8 Å². The summed E-state index contributed by atoms with van der Waals surface area (Å²) in [5.41, 5.74) is -1.46.